The van der Waals surface area contributed by atoms with Gasteiger partial charge in [0.15, 0.2) is 28.4 Å². The average Bonchev–Trinajstić information content (AvgIpc) is 3.43. The summed E-state index contributed by atoms with van der Waals surface area (Å²) in [5.74, 6) is 1.07. The van der Waals surface area contributed by atoms with Gasteiger partial charge in [-0.2, -0.15) is 0 Å². The molecule has 8 nitrogen and oxygen atoms in total. The summed E-state index contributed by atoms with van der Waals surface area (Å²) < 4.78 is 22.2. The summed E-state index contributed by atoms with van der Waals surface area (Å²) in [6, 6.07) is 14.8. The SMILES string of the molecule is COc1cc([C@H]2c3c(oc4ccc(C)cc4c3=O)C(=O)N2Cc2ccc3c(c2)OCO3)ccc1O. The number of fused-ring (bicyclic) bond motifs is 3. The van der Waals surface area contributed by atoms with E-state index in [1.807, 2.05) is 25.1 Å². The van der Waals surface area contributed by atoms with Gasteiger partial charge >= 0.3 is 0 Å². The van der Waals surface area contributed by atoms with Gasteiger partial charge < -0.3 is 28.6 Å². The molecule has 1 amide bonds. The summed E-state index contributed by atoms with van der Waals surface area (Å²) >= 11 is 0. The first-order chi connectivity index (χ1) is 16.9. The molecule has 1 aromatic heterocycles. The molecule has 2 aliphatic rings. The van der Waals surface area contributed by atoms with Gasteiger partial charge in [0.1, 0.15) is 5.58 Å². The lowest BCUT2D eigenvalue weighted by atomic mass is 9.97. The number of amides is 1. The molecule has 0 aliphatic carbocycles. The molecule has 6 rings (SSSR count). The van der Waals surface area contributed by atoms with E-state index in [9.17, 15) is 14.7 Å². The normalized spacial score (nSPS) is 16.1. The van der Waals surface area contributed by atoms with Gasteiger partial charge in [-0.3, -0.25) is 9.59 Å². The number of carbonyl (C=O) groups is 1. The lowest BCUT2D eigenvalue weighted by Gasteiger charge is -2.25. The van der Waals surface area contributed by atoms with Crippen LogP contribution in [0.5, 0.6) is 23.0 Å². The second-order valence-corrected chi connectivity index (χ2v) is 8.63. The molecule has 0 saturated carbocycles. The Bertz CT molecular complexity index is 1570. The molecule has 0 unspecified atom stereocenters. The topological polar surface area (TPSA) is 98.4 Å². The van der Waals surface area contributed by atoms with Crippen molar-refractivity contribution in [2.75, 3.05) is 13.9 Å². The van der Waals surface area contributed by atoms with E-state index in [4.69, 9.17) is 18.6 Å². The predicted molar refractivity (Wildman–Crippen MR) is 126 cm³/mol. The standard InChI is InChI=1S/C27H21NO7/c1-14-3-7-19-17(9-14)25(30)23-24(16-5-6-18(29)21(11-16)32-2)28(27(31)26(23)35-19)12-15-4-8-20-22(10-15)34-13-33-20/h3-11,24,29H,12-13H2,1-2H3/t24-/m0/s1. The highest BCUT2D eigenvalue weighted by Gasteiger charge is 2.43. The van der Waals surface area contributed by atoms with Gasteiger partial charge in [-0.15, -0.1) is 0 Å². The number of aromatic hydroxyl groups is 1. The van der Waals surface area contributed by atoms with E-state index in [1.54, 1.807) is 35.2 Å². The fraction of sp³-hybridized carbons (Fsp3) is 0.185. The molecular formula is C27H21NO7. The van der Waals surface area contributed by atoms with E-state index in [1.165, 1.54) is 13.2 Å². The summed E-state index contributed by atoms with van der Waals surface area (Å²) in [6.45, 7) is 2.24. The molecule has 35 heavy (non-hydrogen) atoms. The number of ether oxygens (including phenoxy) is 3. The second-order valence-electron chi connectivity index (χ2n) is 8.63. The van der Waals surface area contributed by atoms with E-state index in [0.29, 0.717) is 28.0 Å². The first-order valence-corrected chi connectivity index (χ1v) is 11.1. The van der Waals surface area contributed by atoms with Gasteiger partial charge in [-0.05, 0) is 54.4 Å². The Balaban J connectivity index is 1.54. The first kappa shape index (κ1) is 21.1. The molecule has 1 N–H and O–H groups in total. The first-order valence-electron chi connectivity index (χ1n) is 11.1. The molecule has 4 aromatic rings. The number of carbonyl (C=O) groups excluding carboxylic acids is 1. The molecule has 176 valence electrons. The molecule has 0 fully saturated rings. The van der Waals surface area contributed by atoms with Crippen LogP contribution in [0.1, 0.15) is 38.9 Å². The summed E-state index contributed by atoms with van der Waals surface area (Å²) in [7, 11) is 1.45. The summed E-state index contributed by atoms with van der Waals surface area (Å²) in [5.41, 5.74) is 2.70. The van der Waals surface area contributed by atoms with Gasteiger partial charge in [0, 0.05) is 6.54 Å². The number of methoxy groups -OCH3 is 1. The highest BCUT2D eigenvalue weighted by molar-refractivity contribution is 5.99. The maximum absolute atomic E-state index is 13.7. The van der Waals surface area contributed by atoms with Crippen molar-refractivity contribution in [3.05, 3.63) is 92.8 Å². The quantitative estimate of drug-likeness (QED) is 0.474. The van der Waals surface area contributed by atoms with Crippen molar-refractivity contribution in [1.82, 2.24) is 4.90 Å². The second kappa shape index (κ2) is 7.80. The van der Waals surface area contributed by atoms with Gasteiger partial charge in [-0.1, -0.05) is 23.8 Å². The van der Waals surface area contributed by atoms with Crippen molar-refractivity contribution in [3.8, 4) is 23.0 Å². The van der Waals surface area contributed by atoms with Crippen molar-refractivity contribution >= 4 is 16.9 Å². The molecule has 0 spiro atoms. The van der Waals surface area contributed by atoms with Crippen molar-refractivity contribution in [3.63, 3.8) is 0 Å². The van der Waals surface area contributed by atoms with E-state index >= 15 is 0 Å². The van der Waals surface area contributed by atoms with E-state index in [0.717, 1.165) is 11.1 Å². The Morgan fingerprint density at radius 1 is 1.03 bits per heavy atom. The molecule has 2 aliphatic heterocycles. The van der Waals surface area contributed by atoms with Crippen LogP contribution in [0, 0.1) is 6.92 Å². The third-order valence-electron chi connectivity index (χ3n) is 6.43. The van der Waals surface area contributed by atoms with Crippen LogP contribution >= 0.6 is 0 Å². The van der Waals surface area contributed by atoms with Gasteiger partial charge in [0.25, 0.3) is 5.91 Å². The molecule has 0 saturated heterocycles. The fourth-order valence-corrected chi connectivity index (χ4v) is 4.74. The van der Waals surface area contributed by atoms with E-state index < -0.39 is 11.9 Å². The Labute approximate surface area is 199 Å². The van der Waals surface area contributed by atoms with E-state index in [-0.39, 0.29) is 41.6 Å². The van der Waals surface area contributed by atoms with Crippen molar-refractivity contribution in [2.45, 2.75) is 19.5 Å². The number of aryl methyl sites for hydroxylation is 1. The number of phenolic OH excluding ortho intramolecular Hbond substituents is 1. The molecule has 0 radical (unpaired) electrons. The number of hydrogen-bond donors (Lipinski definition) is 1. The zero-order valence-corrected chi connectivity index (χ0v) is 19.0. The maximum atomic E-state index is 13.7. The minimum atomic E-state index is -0.737. The van der Waals surface area contributed by atoms with Crippen molar-refractivity contribution < 1.29 is 28.5 Å². The Kier molecular flexibility index (Phi) is 4.70. The number of rotatable bonds is 4. The average molecular weight is 471 g/mol. The molecular weight excluding hydrogens is 450 g/mol. The number of benzene rings is 3. The molecule has 8 heteroatoms. The van der Waals surface area contributed by atoms with Crippen LogP contribution < -0.4 is 19.6 Å². The summed E-state index contributed by atoms with van der Waals surface area (Å²) in [6.07, 6.45) is 0. The highest BCUT2D eigenvalue weighted by Crippen LogP contribution is 2.42. The minimum Gasteiger partial charge on any atom is -0.504 e. The largest absolute Gasteiger partial charge is 0.504 e. The fourth-order valence-electron chi connectivity index (χ4n) is 4.74. The van der Waals surface area contributed by atoms with Crippen LogP contribution in [0.2, 0.25) is 0 Å². The zero-order valence-electron chi connectivity index (χ0n) is 19.0. The monoisotopic (exact) mass is 471 g/mol. The number of nitrogens with zero attached hydrogens (tertiary/aromatic N) is 1. The van der Waals surface area contributed by atoms with Gasteiger partial charge in [0.05, 0.1) is 24.1 Å². The summed E-state index contributed by atoms with van der Waals surface area (Å²) in [4.78, 5) is 29.0. The van der Waals surface area contributed by atoms with Crippen LogP contribution in [-0.4, -0.2) is 29.8 Å². The van der Waals surface area contributed by atoms with Crippen LogP contribution in [0.15, 0.2) is 63.8 Å². The van der Waals surface area contributed by atoms with Crippen LogP contribution in [-0.2, 0) is 6.54 Å². The molecule has 0 bridgehead atoms. The van der Waals surface area contributed by atoms with Crippen LogP contribution in [0.25, 0.3) is 11.0 Å². The van der Waals surface area contributed by atoms with Gasteiger partial charge in [-0.25, -0.2) is 0 Å². The van der Waals surface area contributed by atoms with Crippen molar-refractivity contribution in [2.24, 2.45) is 0 Å². The maximum Gasteiger partial charge on any atom is 0.291 e. The Hall–Kier alpha value is -4.46. The van der Waals surface area contributed by atoms with Crippen LogP contribution in [0.3, 0.4) is 0 Å². The Morgan fingerprint density at radius 3 is 2.69 bits per heavy atom. The lowest BCUT2D eigenvalue weighted by Crippen LogP contribution is -2.29. The molecule has 3 aromatic carbocycles. The van der Waals surface area contributed by atoms with Crippen molar-refractivity contribution in [1.29, 1.82) is 0 Å². The summed E-state index contributed by atoms with van der Waals surface area (Å²) in [5, 5.41) is 10.5. The van der Waals surface area contributed by atoms with Crippen LogP contribution in [0.4, 0.5) is 0 Å². The van der Waals surface area contributed by atoms with E-state index in [2.05, 4.69) is 0 Å². The third-order valence-corrected chi connectivity index (χ3v) is 6.43. The number of hydrogen-bond acceptors (Lipinski definition) is 7. The Morgan fingerprint density at radius 2 is 1.86 bits per heavy atom. The zero-order chi connectivity index (χ0) is 24.3. The highest BCUT2D eigenvalue weighted by atomic mass is 16.7. The number of phenols is 1. The lowest BCUT2D eigenvalue weighted by molar-refractivity contribution is 0.0714. The third kappa shape index (κ3) is 3.29. The molecule has 3 heterocycles. The minimum absolute atomic E-state index is 0.0177. The predicted octanol–water partition coefficient (Wildman–Crippen LogP) is 4.29. The molecule has 1 atom stereocenters. The smallest absolute Gasteiger partial charge is 0.291 e. The van der Waals surface area contributed by atoms with Gasteiger partial charge in [0.2, 0.25) is 12.6 Å².